The van der Waals surface area contributed by atoms with Crippen LogP contribution < -0.4 is 10.1 Å². The van der Waals surface area contributed by atoms with Gasteiger partial charge in [0, 0.05) is 28.0 Å². The Balaban J connectivity index is 1.79. The van der Waals surface area contributed by atoms with Gasteiger partial charge in [-0.1, -0.05) is 18.2 Å². The first kappa shape index (κ1) is 16.4. The van der Waals surface area contributed by atoms with Crippen LogP contribution in [-0.2, 0) is 0 Å². The maximum absolute atomic E-state index is 6.42. The monoisotopic (exact) mass is 370 g/mol. The third kappa shape index (κ3) is 3.24. The van der Waals surface area contributed by atoms with E-state index in [4.69, 9.17) is 16.3 Å². The van der Waals surface area contributed by atoms with Gasteiger partial charge in [0.15, 0.2) is 0 Å². The van der Waals surface area contributed by atoms with E-state index in [1.54, 1.807) is 11.3 Å². The Hall–Kier alpha value is -2.04. The van der Waals surface area contributed by atoms with Crippen LogP contribution in [0.4, 0.5) is 0 Å². The van der Waals surface area contributed by atoms with E-state index < -0.39 is 0 Å². The van der Waals surface area contributed by atoms with Gasteiger partial charge in [0.05, 0.1) is 16.8 Å². The van der Waals surface area contributed by atoms with Crippen molar-refractivity contribution >= 4 is 33.2 Å². The second-order valence-electron chi connectivity index (χ2n) is 6.36. The number of pyridine rings is 1. The zero-order chi connectivity index (χ0) is 17.4. The Morgan fingerprint density at radius 3 is 3.00 bits per heavy atom. The average molecular weight is 371 g/mol. The third-order valence-corrected chi connectivity index (χ3v) is 5.66. The van der Waals surface area contributed by atoms with E-state index in [1.165, 1.54) is 0 Å². The molecule has 2 aromatic heterocycles. The SMILES string of the molecule is C=C1CCC(Oc2c(C)cc(Cl)cc2-c2ccnc3ccsc23)CN1. The summed E-state index contributed by atoms with van der Waals surface area (Å²) in [5.41, 5.74) is 5.29. The summed E-state index contributed by atoms with van der Waals surface area (Å²) >= 11 is 8.06. The summed E-state index contributed by atoms with van der Waals surface area (Å²) in [7, 11) is 0. The number of aromatic nitrogens is 1. The summed E-state index contributed by atoms with van der Waals surface area (Å²) in [4.78, 5) is 4.44. The number of thiophene rings is 1. The number of hydrogen-bond acceptors (Lipinski definition) is 4. The number of aryl methyl sites for hydroxylation is 1. The van der Waals surface area contributed by atoms with Crippen LogP contribution in [0.2, 0.25) is 5.02 Å². The van der Waals surface area contributed by atoms with Crippen LogP contribution in [0.5, 0.6) is 5.75 Å². The predicted molar refractivity (Wildman–Crippen MR) is 106 cm³/mol. The van der Waals surface area contributed by atoms with Crippen LogP contribution in [0.1, 0.15) is 18.4 Å². The molecule has 0 radical (unpaired) electrons. The van der Waals surface area contributed by atoms with E-state index >= 15 is 0 Å². The number of allylic oxidation sites excluding steroid dienone is 1. The minimum Gasteiger partial charge on any atom is -0.488 e. The molecular formula is C20H19ClN2OS. The molecule has 3 aromatic rings. The lowest BCUT2D eigenvalue weighted by molar-refractivity contribution is 0.177. The van der Waals surface area contributed by atoms with Crippen LogP contribution in [0.25, 0.3) is 21.3 Å². The molecular weight excluding hydrogens is 352 g/mol. The average Bonchev–Trinajstić information content (AvgIpc) is 3.07. The summed E-state index contributed by atoms with van der Waals surface area (Å²) in [6.07, 6.45) is 3.89. The first-order valence-corrected chi connectivity index (χ1v) is 9.58. The van der Waals surface area contributed by atoms with Crippen molar-refractivity contribution in [2.75, 3.05) is 6.54 Å². The zero-order valence-corrected chi connectivity index (χ0v) is 15.6. The Bertz CT molecular complexity index is 940. The van der Waals surface area contributed by atoms with E-state index in [-0.39, 0.29) is 6.10 Å². The lowest BCUT2D eigenvalue weighted by Gasteiger charge is -2.28. The fourth-order valence-electron chi connectivity index (χ4n) is 3.22. The van der Waals surface area contributed by atoms with Crippen LogP contribution >= 0.6 is 22.9 Å². The van der Waals surface area contributed by atoms with Crippen LogP contribution in [0, 0.1) is 6.92 Å². The molecule has 0 bridgehead atoms. The minimum atomic E-state index is 0.129. The van der Waals surface area contributed by atoms with Crippen molar-refractivity contribution in [2.45, 2.75) is 25.9 Å². The van der Waals surface area contributed by atoms with Crippen LogP contribution in [0.15, 0.2) is 48.1 Å². The van der Waals surface area contributed by atoms with Crippen LogP contribution in [-0.4, -0.2) is 17.6 Å². The van der Waals surface area contributed by atoms with Gasteiger partial charge in [-0.3, -0.25) is 4.98 Å². The predicted octanol–water partition coefficient (Wildman–Crippen LogP) is 5.57. The fraction of sp³-hybridized carbons (Fsp3) is 0.250. The Morgan fingerprint density at radius 2 is 2.20 bits per heavy atom. The second-order valence-corrected chi connectivity index (χ2v) is 7.71. The highest BCUT2D eigenvalue weighted by molar-refractivity contribution is 7.17. The molecule has 1 atom stereocenters. The van der Waals surface area contributed by atoms with Crippen molar-refractivity contribution in [3.63, 3.8) is 0 Å². The van der Waals surface area contributed by atoms with Gasteiger partial charge in [-0.25, -0.2) is 0 Å². The zero-order valence-electron chi connectivity index (χ0n) is 14.0. The quantitative estimate of drug-likeness (QED) is 0.654. The van der Waals surface area contributed by atoms with E-state index in [2.05, 4.69) is 22.3 Å². The van der Waals surface area contributed by atoms with Crippen molar-refractivity contribution in [3.8, 4) is 16.9 Å². The van der Waals surface area contributed by atoms with Crippen molar-refractivity contribution < 1.29 is 4.74 Å². The van der Waals surface area contributed by atoms with Gasteiger partial charge in [0.1, 0.15) is 11.9 Å². The molecule has 0 amide bonds. The largest absolute Gasteiger partial charge is 0.488 e. The molecule has 1 aromatic carbocycles. The number of fused-ring (bicyclic) bond motifs is 1. The van der Waals surface area contributed by atoms with Gasteiger partial charge < -0.3 is 10.1 Å². The Morgan fingerprint density at radius 1 is 1.32 bits per heavy atom. The first-order chi connectivity index (χ1) is 12.1. The molecule has 1 fully saturated rings. The van der Waals surface area contributed by atoms with Gasteiger partial charge in [-0.15, -0.1) is 11.3 Å². The molecule has 1 unspecified atom stereocenters. The van der Waals surface area contributed by atoms with Gasteiger partial charge in [-0.05, 0) is 55.0 Å². The number of piperidine rings is 1. The van der Waals surface area contributed by atoms with E-state index in [9.17, 15) is 0 Å². The Kier molecular flexibility index (Phi) is 4.40. The molecule has 0 aliphatic carbocycles. The second kappa shape index (κ2) is 6.70. The number of nitrogens with one attached hydrogen (secondary N) is 1. The number of hydrogen-bond donors (Lipinski definition) is 1. The highest BCUT2D eigenvalue weighted by Crippen LogP contribution is 2.41. The van der Waals surface area contributed by atoms with Crippen molar-refractivity contribution in [1.82, 2.24) is 10.3 Å². The summed E-state index contributed by atoms with van der Waals surface area (Å²) in [5, 5.41) is 6.10. The topological polar surface area (TPSA) is 34.1 Å². The minimum absolute atomic E-state index is 0.129. The summed E-state index contributed by atoms with van der Waals surface area (Å²) in [5.74, 6) is 0.907. The molecule has 5 heteroatoms. The number of rotatable bonds is 3. The Labute approximate surface area is 156 Å². The van der Waals surface area contributed by atoms with Gasteiger partial charge in [0.25, 0.3) is 0 Å². The van der Waals surface area contributed by atoms with Crippen molar-refractivity contribution in [1.29, 1.82) is 0 Å². The third-order valence-electron chi connectivity index (χ3n) is 4.51. The molecule has 1 saturated heterocycles. The molecule has 128 valence electrons. The van der Waals surface area contributed by atoms with E-state index in [0.29, 0.717) is 0 Å². The molecule has 25 heavy (non-hydrogen) atoms. The highest BCUT2D eigenvalue weighted by atomic mass is 35.5. The van der Waals surface area contributed by atoms with Gasteiger partial charge >= 0.3 is 0 Å². The molecule has 1 aliphatic heterocycles. The van der Waals surface area contributed by atoms with E-state index in [1.807, 2.05) is 37.4 Å². The summed E-state index contributed by atoms with van der Waals surface area (Å²) < 4.78 is 7.58. The molecule has 1 aliphatic rings. The lowest BCUT2D eigenvalue weighted by atomic mass is 10.0. The van der Waals surface area contributed by atoms with Gasteiger partial charge in [-0.2, -0.15) is 0 Å². The standard InChI is InChI=1S/C20H19ClN2OS/c1-12-9-14(21)10-17(16-5-7-22-18-6-8-25-20(16)18)19(12)24-15-4-3-13(2)23-11-15/h5-10,15,23H,2-4,11H2,1H3. The maximum Gasteiger partial charge on any atom is 0.130 e. The molecule has 4 rings (SSSR count). The van der Waals surface area contributed by atoms with Crippen molar-refractivity contribution in [2.24, 2.45) is 0 Å². The highest BCUT2D eigenvalue weighted by Gasteiger charge is 2.21. The fourth-order valence-corrected chi connectivity index (χ4v) is 4.38. The van der Waals surface area contributed by atoms with E-state index in [0.717, 1.165) is 62.8 Å². The maximum atomic E-state index is 6.42. The number of ether oxygens (including phenoxy) is 1. The normalized spacial score (nSPS) is 17.5. The number of benzene rings is 1. The molecule has 3 nitrogen and oxygen atoms in total. The summed E-state index contributed by atoms with van der Waals surface area (Å²) in [6.45, 7) is 6.82. The van der Waals surface area contributed by atoms with Crippen molar-refractivity contribution in [3.05, 3.63) is 58.7 Å². The molecule has 0 spiro atoms. The van der Waals surface area contributed by atoms with Crippen LogP contribution in [0.3, 0.4) is 0 Å². The molecule has 1 N–H and O–H groups in total. The first-order valence-electron chi connectivity index (χ1n) is 8.33. The van der Waals surface area contributed by atoms with Gasteiger partial charge in [0.2, 0.25) is 0 Å². The number of nitrogens with zero attached hydrogens (tertiary/aromatic N) is 1. The smallest absolute Gasteiger partial charge is 0.130 e. The number of halogens is 1. The summed E-state index contributed by atoms with van der Waals surface area (Å²) in [6, 6.07) is 8.03. The lowest BCUT2D eigenvalue weighted by Crippen LogP contribution is -2.35. The molecule has 0 saturated carbocycles. The molecule has 3 heterocycles.